The highest BCUT2D eigenvalue weighted by Crippen LogP contribution is 2.35. The lowest BCUT2D eigenvalue weighted by Gasteiger charge is -2.36. The number of aryl methyl sites for hydroxylation is 1. The highest BCUT2D eigenvalue weighted by molar-refractivity contribution is 5.79. The number of amides is 1. The predicted octanol–water partition coefficient (Wildman–Crippen LogP) is 2.97. The Balaban J connectivity index is 1.43. The average molecular weight is 516 g/mol. The number of ether oxygens (including phenoxy) is 1. The van der Waals surface area contributed by atoms with E-state index in [0.29, 0.717) is 36.5 Å². The van der Waals surface area contributed by atoms with Crippen LogP contribution in [0.15, 0.2) is 42.9 Å². The molecule has 0 radical (unpaired) electrons. The van der Waals surface area contributed by atoms with E-state index in [4.69, 9.17) is 15.5 Å². The minimum absolute atomic E-state index is 0.177. The van der Waals surface area contributed by atoms with Gasteiger partial charge < -0.3 is 20.9 Å². The summed E-state index contributed by atoms with van der Waals surface area (Å²) in [4.78, 5) is 15.6. The second kappa shape index (κ2) is 10.1. The highest BCUT2D eigenvalue weighted by Gasteiger charge is 2.31. The summed E-state index contributed by atoms with van der Waals surface area (Å²) in [7, 11) is 0. The minimum atomic E-state index is -0.803. The number of nitrogens with two attached hydrogens (primary N) is 1. The summed E-state index contributed by atoms with van der Waals surface area (Å²) in [6, 6.07) is 9.84. The maximum atomic E-state index is 10.9. The Labute approximate surface area is 219 Å². The third kappa shape index (κ3) is 5.57. The molecule has 1 aliphatic carbocycles. The number of fused-ring (bicyclic) bond motifs is 1. The predicted molar refractivity (Wildman–Crippen MR) is 139 cm³/mol. The van der Waals surface area contributed by atoms with E-state index >= 15 is 0 Å². The van der Waals surface area contributed by atoms with Gasteiger partial charge >= 0.3 is 6.09 Å². The second-order valence-corrected chi connectivity index (χ2v) is 10.3. The molecule has 0 atom stereocenters. The van der Waals surface area contributed by atoms with Gasteiger partial charge in [-0.25, -0.2) is 9.31 Å². The molecule has 1 amide bonds. The van der Waals surface area contributed by atoms with Crippen LogP contribution >= 0.6 is 0 Å². The van der Waals surface area contributed by atoms with Crippen LogP contribution in [0.3, 0.4) is 0 Å². The van der Waals surface area contributed by atoms with E-state index in [1.165, 1.54) is 6.20 Å². The molecule has 1 aliphatic rings. The van der Waals surface area contributed by atoms with Gasteiger partial charge in [-0.15, -0.1) is 5.10 Å². The van der Waals surface area contributed by atoms with Crippen molar-refractivity contribution in [3.05, 3.63) is 48.4 Å². The zero-order valence-electron chi connectivity index (χ0n) is 21.2. The smallest absolute Gasteiger partial charge is 0.404 e. The van der Waals surface area contributed by atoms with Crippen molar-refractivity contribution in [2.75, 3.05) is 11.9 Å². The number of hydrogen-bond acceptors (Lipinski definition) is 9. The molecular formula is C26H29N9O3. The monoisotopic (exact) mass is 515 g/mol. The zero-order chi connectivity index (χ0) is 26.9. The summed E-state index contributed by atoms with van der Waals surface area (Å²) in [5.74, 6) is 0.251. The number of hydrogen-bond donors (Lipinski definition) is 3. The molecule has 4 aromatic heterocycles. The topological polar surface area (TPSA) is 169 Å². The van der Waals surface area contributed by atoms with Gasteiger partial charge in [0.15, 0.2) is 0 Å². The number of anilines is 1. The van der Waals surface area contributed by atoms with E-state index in [1.54, 1.807) is 35.3 Å². The van der Waals surface area contributed by atoms with Gasteiger partial charge in [0.2, 0.25) is 0 Å². The molecule has 1 fully saturated rings. The van der Waals surface area contributed by atoms with Crippen LogP contribution in [-0.4, -0.2) is 59.0 Å². The van der Waals surface area contributed by atoms with Crippen molar-refractivity contribution in [2.45, 2.75) is 51.3 Å². The van der Waals surface area contributed by atoms with Gasteiger partial charge in [0.1, 0.15) is 11.8 Å². The van der Waals surface area contributed by atoms with Crippen LogP contribution in [0, 0.1) is 17.2 Å². The first kappa shape index (κ1) is 25.2. The van der Waals surface area contributed by atoms with Crippen molar-refractivity contribution in [2.24, 2.45) is 11.7 Å². The van der Waals surface area contributed by atoms with Crippen molar-refractivity contribution >= 4 is 17.3 Å². The maximum Gasteiger partial charge on any atom is 0.404 e. The Morgan fingerprint density at radius 3 is 2.84 bits per heavy atom. The Kier molecular flexibility index (Phi) is 6.69. The molecule has 5 rings (SSSR count). The lowest BCUT2D eigenvalue weighted by atomic mass is 9.80. The van der Waals surface area contributed by atoms with Gasteiger partial charge in [-0.05, 0) is 63.3 Å². The Hall–Kier alpha value is -4.50. The number of aromatic nitrogens is 6. The van der Waals surface area contributed by atoms with Crippen LogP contribution in [0.4, 0.5) is 10.5 Å². The summed E-state index contributed by atoms with van der Waals surface area (Å²) in [6.07, 6.45) is 6.57. The molecule has 0 bridgehead atoms. The Bertz CT molecular complexity index is 1510. The molecule has 0 aliphatic heterocycles. The second-order valence-electron chi connectivity index (χ2n) is 10.3. The molecule has 1 saturated carbocycles. The number of nitriles is 1. The highest BCUT2D eigenvalue weighted by atomic mass is 16.5. The van der Waals surface area contributed by atoms with E-state index in [0.717, 1.165) is 35.3 Å². The summed E-state index contributed by atoms with van der Waals surface area (Å²) >= 11 is 0. The molecule has 0 unspecified atom stereocenters. The number of carbonyl (C=O) groups is 1. The van der Waals surface area contributed by atoms with E-state index in [-0.39, 0.29) is 12.0 Å². The van der Waals surface area contributed by atoms with Crippen molar-refractivity contribution in [3.63, 3.8) is 0 Å². The first-order valence-electron chi connectivity index (χ1n) is 12.4. The van der Waals surface area contributed by atoms with Crippen LogP contribution < -0.4 is 11.1 Å². The number of nitrogens with zero attached hydrogens (tertiary/aromatic N) is 7. The van der Waals surface area contributed by atoms with Gasteiger partial charge in [0.05, 0.1) is 47.1 Å². The van der Waals surface area contributed by atoms with Crippen molar-refractivity contribution < 1.29 is 14.6 Å². The molecule has 0 aromatic carbocycles. The van der Waals surface area contributed by atoms with Gasteiger partial charge in [0.25, 0.3) is 0 Å². The van der Waals surface area contributed by atoms with Crippen LogP contribution in [0.5, 0.6) is 0 Å². The van der Waals surface area contributed by atoms with Crippen LogP contribution in [0.25, 0.3) is 28.2 Å². The van der Waals surface area contributed by atoms with Gasteiger partial charge in [-0.2, -0.15) is 10.4 Å². The summed E-state index contributed by atoms with van der Waals surface area (Å²) in [5.41, 5.74) is 9.36. The lowest BCUT2D eigenvalue weighted by Crippen LogP contribution is -2.38. The Morgan fingerprint density at radius 2 is 2.11 bits per heavy atom. The summed E-state index contributed by atoms with van der Waals surface area (Å²) in [6.45, 7) is 4.36. The fourth-order valence-electron chi connectivity index (χ4n) is 4.50. The third-order valence-electron chi connectivity index (χ3n) is 6.62. The van der Waals surface area contributed by atoms with E-state index < -0.39 is 11.7 Å². The minimum Gasteiger partial charge on any atom is -0.449 e. The molecule has 4 aromatic rings. The quantitative estimate of drug-likeness (QED) is 0.303. The normalized spacial score (nSPS) is 17.1. The Morgan fingerprint density at radius 1 is 1.29 bits per heavy atom. The SMILES string of the molecule is CC(C)(O)CCn1cc(-c2cnc(-c3ccc4cc(C#N)cnn34)cc2NC2CC(COC(N)=O)C2)nn1. The number of pyridine rings is 1. The van der Waals surface area contributed by atoms with Crippen molar-refractivity contribution in [1.29, 1.82) is 5.26 Å². The number of nitrogens with one attached hydrogen (secondary N) is 1. The zero-order valence-corrected chi connectivity index (χ0v) is 21.2. The molecular weight excluding hydrogens is 486 g/mol. The lowest BCUT2D eigenvalue weighted by molar-refractivity contribution is 0.0649. The van der Waals surface area contributed by atoms with Crippen LogP contribution in [0.2, 0.25) is 0 Å². The fraction of sp³-hybridized carbons (Fsp3) is 0.385. The third-order valence-corrected chi connectivity index (χ3v) is 6.62. The number of aliphatic hydroxyl groups is 1. The number of rotatable bonds is 9. The fourth-order valence-corrected chi connectivity index (χ4v) is 4.50. The molecule has 12 nitrogen and oxygen atoms in total. The molecule has 12 heteroatoms. The summed E-state index contributed by atoms with van der Waals surface area (Å²) < 4.78 is 8.41. The van der Waals surface area contributed by atoms with Gasteiger partial charge in [-0.1, -0.05) is 5.21 Å². The molecule has 0 spiro atoms. The number of primary amides is 1. The standard InChI is InChI=1S/C26H29N9O3/c1-26(2,37)5-6-34-14-23(32-33-34)20-13-29-22(24-4-3-19-9-17(11-27)12-30-35(19)24)10-21(20)31-18-7-16(8-18)15-38-25(28)36/h3-4,9-10,12-14,16,18,37H,5-8,15H2,1-2H3,(H2,28,36)(H,29,31). The molecule has 4 heterocycles. The van der Waals surface area contributed by atoms with Crippen molar-refractivity contribution in [1.82, 2.24) is 29.6 Å². The first-order chi connectivity index (χ1) is 18.2. The van der Waals surface area contributed by atoms with Gasteiger partial charge in [0, 0.05) is 30.0 Å². The average Bonchev–Trinajstić information content (AvgIpc) is 3.50. The molecule has 4 N–H and O–H groups in total. The van der Waals surface area contributed by atoms with E-state index in [9.17, 15) is 15.2 Å². The largest absolute Gasteiger partial charge is 0.449 e. The van der Waals surface area contributed by atoms with Crippen molar-refractivity contribution in [3.8, 4) is 28.7 Å². The maximum absolute atomic E-state index is 10.9. The molecule has 196 valence electrons. The first-order valence-corrected chi connectivity index (χ1v) is 12.4. The van der Waals surface area contributed by atoms with Crippen LogP contribution in [0.1, 0.15) is 38.7 Å². The summed E-state index contributed by atoms with van der Waals surface area (Å²) in [5, 5.41) is 35.8. The molecule has 38 heavy (non-hydrogen) atoms. The van der Waals surface area contributed by atoms with Crippen LogP contribution in [-0.2, 0) is 11.3 Å². The van der Waals surface area contributed by atoms with E-state index in [2.05, 4.69) is 26.8 Å². The number of carbonyl (C=O) groups excluding carboxylic acids is 1. The van der Waals surface area contributed by atoms with Gasteiger partial charge in [-0.3, -0.25) is 9.67 Å². The van der Waals surface area contributed by atoms with E-state index in [1.807, 2.05) is 24.4 Å². The molecule has 0 saturated heterocycles.